The number of carbonyl (C=O) groups is 2. The van der Waals surface area contributed by atoms with Crippen LogP contribution in [0.15, 0.2) is 36.2 Å². The van der Waals surface area contributed by atoms with Crippen molar-refractivity contribution in [1.29, 1.82) is 0 Å². The summed E-state index contributed by atoms with van der Waals surface area (Å²) in [5.41, 5.74) is 0.312. The number of alkyl halides is 3. The fourth-order valence-corrected chi connectivity index (χ4v) is 2.08. The van der Waals surface area contributed by atoms with Crippen molar-refractivity contribution < 1.29 is 39.5 Å². The zero-order chi connectivity index (χ0) is 21.0. The van der Waals surface area contributed by atoms with Crippen molar-refractivity contribution in [2.24, 2.45) is 0 Å². The van der Waals surface area contributed by atoms with Crippen LogP contribution in [0.3, 0.4) is 0 Å². The van der Waals surface area contributed by atoms with Gasteiger partial charge >= 0.3 is 18.4 Å². The van der Waals surface area contributed by atoms with Gasteiger partial charge in [-0.2, -0.15) is 4.39 Å². The monoisotopic (exact) mass is 410 g/mol. The quantitative estimate of drug-likeness (QED) is 0.241. The Bertz CT molecular complexity index is 671. The molecule has 160 valence electrons. The Morgan fingerprint density at radius 2 is 1.82 bits per heavy atom. The van der Waals surface area contributed by atoms with Crippen LogP contribution >= 0.6 is 0 Å². The first-order chi connectivity index (χ1) is 13.2. The Morgan fingerprint density at radius 1 is 1.14 bits per heavy atom. The Balaban J connectivity index is 0. The molecule has 0 saturated heterocycles. The first kappa shape index (κ1) is 23.3. The molecular weight excluding hydrogens is 384 g/mol. The second kappa shape index (κ2) is 11.8. The molecule has 0 fully saturated rings. The number of unbranched alkanes of at least 4 members (excludes halogenated alkanes) is 3. The van der Waals surface area contributed by atoms with Crippen LogP contribution < -0.4 is 15.4 Å². The maximum atomic E-state index is 13.2. The highest BCUT2D eigenvalue weighted by molar-refractivity contribution is 5.89. The zero-order valence-corrected chi connectivity index (χ0v) is 15.3. The molecule has 0 aliphatic heterocycles. The summed E-state index contributed by atoms with van der Waals surface area (Å²) in [5, 5.41) is 5.07. The first-order valence-electron chi connectivity index (χ1n) is 8.64. The normalized spacial score (nSPS) is 11.7. The van der Waals surface area contributed by atoms with E-state index in [0.717, 1.165) is 12.1 Å². The summed E-state index contributed by atoms with van der Waals surface area (Å²) in [6.45, 7) is 2.07. The van der Waals surface area contributed by atoms with Gasteiger partial charge in [-0.05, 0) is 56.5 Å². The molecule has 28 heavy (non-hydrogen) atoms. The van der Waals surface area contributed by atoms with Crippen LogP contribution in [-0.2, 0) is 9.53 Å². The number of allylic oxidation sites excluding steroid dienone is 1. The average Bonchev–Trinajstić information content (AvgIpc) is 2.61. The number of hydrogen-bond donors (Lipinski definition) is 2. The van der Waals surface area contributed by atoms with Crippen molar-refractivity contribution >= 4 is 17.7 Å². The maximum Gasteiger partial charge on any atom is 0.573 e. The van der Waals surface area contributed by atoms with E-state index in [9.17, 15) is 27.2 Å². The molecule has 0 atom stereocenters. The number of nitrogens with one attached hydrogen (secondary N) is 2. The fraction of sp³-hybridized carbons (Fsp3) is 0.444. The standard InChI is InChI=1S/C18H22F4N2O4.2H2/c1-2-27-16(25)15(19)7-5-3-4-6-12-23-17(26)24-13-8-10-14(11-9-13)28-18(20,21)22;;/h7-11H,2-6,12H2,1H3,(H2,23,24,26);2*1H/b15-7-;;. The van der Waals surface area contributed by atoms with Gasteiger partial charge in [0.25, 0.3) is 0 Å². The highest BCUT2D eigenvalue weighted by atomic mass is 19.4. The van der Waals surface area contributed by atoms with Crippen molar-refractivity contribution in [3.63, 3.8) is 0 Å². The lowest BCUT2D eigenvalue weighted by Crippen LogP contribution is -2.29. The van der Waals surface area contributed by atoms with Crippen LogP contribution in [0.1, 0.15) is 35.5 Å². The largest absolute Gasteiger partial charge is 0.573 e. The van der Waals surface area contributed by atoms with Crippen LogP contribution in [0.4, 0.5) is 28.0 Å². The van der Waals surface area contributed by atoms with Gasteiger partial charge in [-0.15, -0.1) is 13.2 Å². The molecule has 0 aromatic heterocycles. The van der Waals surface area contributed by atoms with Crippen molar-refractivity contribution in [2.75, 3.05) is 18.5 Å². The number of rotatable bonds is 10. The number of ether oxygens (including phenoxy) is 2. The van der Waals surface area contributed by atoms with Crippen LogP contribution in [0, 0.1) is 0 Å². The van der Waals surface area contributed by atoms with Gasteiger partial charge in [0.1, 0.15) is 5.75 Å². The van der Waals surface area contributed by atoms with Crippen LogP contribution in [0.25, 0.3) is 0 Å². The maximum absolute atomic E-state index is 13.2. The molecule has 0 bridgehead atoms. The van der Waals surface area contributed by atoms with Gasteiger partial charge in [-0.25, -0.2) is 9.59 Å². The molecule has 2 N–H and O–H groups in total. The summed E-state index contributed by atoms with van der Waals surface area (Å²) in [5.74, 6) is -2.27. The summed E-state index contributed by atoms with van der Waals surface area (Å²) in [6, 6.07) is 4.24. The Labute approximate surface area is 162 Å². The number of anilines is 1. The van der Waals surface area contributed by atoms with E-state index in [2.05, 4.69) is 20.1 Å². The second-order valence-corrected chi connectivity index (χ2v) is 5.57. The molecule has 0 spiro atoms. The van der Waals surface area contributed by atoms with Crippen molar-refractivity contribution in [3.8, 4) is 5.75 Å². The predicted molar refractivity (Wildman–Crippen MR) is 98.7 cm³/mol. The number of benzene rings is 1. The SMILES string of the molecule is CCOC(=O)/C(F)=C/CCCCCNC(=O)Nc1ccc(OC(F)(F)F)cc1.[HH].[HH]. The molecule has 6 nitrogen and oxygen atoms in total. The first-order valence-corrected chi connectivity index (χ1v) is 8.64. The summed E-state index contributed by atoms with van der Waals surface area (Å²) >= 11 is 0. The molecular formula is C18H26F4N2O4. The Kier molecular flexibility index (Phi) is 9.83. The molecule has 0 saturated carbocycles. The predicted octanol–water partition coefficient (Wildman–Crippen LogP) is 5.18. The zero-order valence-electron chi connectivity index (χ0n) is 15.3. The van der Waals surface area contributed by atoms with E-state index in [1.807, 2.05) is 0 Å². The van der Waals surface area contributed by atoms with Gasteiger partial charge < -0.3 is 20.1 Å². The number of amides is 2. The Morgan fingerprint density at radius 3 is 2.43 bits per heavy atom. The molecule has 1 aromatic carbocycles. The Hall–Kier alpha value is -2.78. The second-order valence-electron chi connectivity index (χ2n) is 5.57. The van der Waals surface area contributed by atoms with Crippen molar-refractivity contribution in [1.82, 2.24) is 5.32 Å². The molecule has 2 amide bonds. The molecule has 0 unspecified atom stereocenters. The highest BCUT2D eigenvalue weighted by Gasteiger charge is 2.30. The number of halogens is 4. The molecule has 0 aliphatic rings. The molecule has 0 heterocycles. The topological polar surface area (TPSA) is 76.7 Å². The van der Waals surface area contributed by atoms with Crippen molar-refractivity contribution in [2.45, 2.75) is 39.0 Å². The lowest BCUT2D eigenvalue weighted by Gasteiger charge is -2.10. The van der Waals surface area contributed by atoms with E-state index in [1.54, 1.807) is 6.92 Å². The lowest BCUT2D eigenvalue weighted by molar-refractivity contribution is -0.274. The van der Waals surface area contributed by atoms with Crippen LogP contribution in [-0.4, -0.2) is 31.5 Å². The highest BCUT2D eigenvalue weighted by Crippen LogP contribution is 2.23. The van der Waals surface area contributed by atoms with E-state index in [4.69, 9.17) is 0 Å². The average molecular weight is 410 g/mol. The lowest BCUT2D eigenvalue weighted by atomic mass is 10.2. The van der Waals surface area contributed by atoms with Crippen LogP contribution in [0.5, 0.6) is 5.75 Å². The van der Waals surface area contributed by atoms with Gasteiger partial charge in [0.2, 0.25) is 5.83 Å². The third-order valence-electron chi connectivity index (χ3n) is 3.31. The van der Waals surface area contributed by atoms with Crippen molar-refractivity contribution in [3.05, 3.63) is 36.2 Å². The summed E-state index contributed by atoms with van der Waals surface area (Å²) in [7, 11) is 0. The number of esters is 1. The molecule has 1 rings (SSSR count). The van der Waals surface area contributed by atoms with E-state index >= 15 is 0 Å². The summed E-state index contributed by atoms with van der Waals surface area (Å²) in [6.07, 6.45) is -1.24. The van der Waals surface area contributed by atoms with E-state index in [-0.39, 0.29) is 15.2 Å². The van der Waals surface area contributed by atoms with Gasteiger partial charge in [0, 0.05) is 15.1 Å². The smallest absolute Gasteiger partial charge is 0.461 e. The summed E-state index contributed by atoms with van der Waals surface area (Å²) in [4.78, 5) is 22.7. The third-order valence-corrected chi connectivity index (χ3v) is 3.31. The minimum atomic E-state index is -4.77. The van der Waals surface area contributed by atoms with E-state index < -0.39 is 24.2 Å². The fourth-order valence-electron chi connectivity index (χ4n) is 2.08. The molecule has 10 heteroatoms. The molecule has 0 aliphatic carbocycles. The third kappa shape index (κ3) is 10.4. The van der Waals surface area contributed by atoms with Gasteiger partial charge in [-0.1, -0.05) is 6.42 Å². The summed E-state index contributed by atoms with van der Waals surface area (Å²) < 4.78 is 57.7. The number of urea groups is 1. The van der Waals surface area contributed by atoms with E-state index in [0.29, 0.717) is 37.9 Å². The number of hydrogen-bond acceptors (Lipinski definition) is 4. The van der Waals surface area contributed by atoms with Gasteiger partial charge in [-0.3, -0.25) is 0 Å². The van der Waals surface area contributed by atoms with Crippen LogP contribution in [0.2, 0.25) is 0 Å². The van der Waals surface area contributed by atoms with E-state index in [1.165, 1.54) is 18.2 Å². The molecule has 0 radical (unpaired) electrons. The van der Waals surface area contributed by atoms with Gasteiger partial charge in [0.15, 0.2) is 0 Å². The minimum Gasteiger partial charge on any atom is -0.461 e. The molecule has 1 aromatic rings. The van der Waals surface area contributed by atoms with Gasteiger partial charge in [0.05, 0.1) is 6.61 Å². The number of carbonyl (C=O) groups excluding carboxylic acids is 2. The minimum absolute atomic E-state index is 0.